The highest BCUT2D eigenvalue weighted by Crippen LogP contribution is 2.22. The molecule has 0 bridgehead atoms. The summed E-state index contributed by atoms with van der Waals surface area (Å²) < 4.78 is 5.88. The van der Waals surface area contributed by atoms with Gasteiger partial charge in [-0.2, -0.15) is 0 Å². The standard InChI is InChI=1S/C12H20BrN3O/c1-8(7-17-5)14-10-6-9(13)15-11(16-10)12(2,3)4/h6,8H,7H2,1-5H3,(H,14,15,16). The number of nitrogens with one attached hydrogen (secondary N) is 1. The number of aromatic nitrogens is 2. The van der Waals surface area contributed by atoms with Gasteiger partial charge in [-0.1, -0.05) is 20.8 Å². The molecule has 0 saturated carbocycles. The van der Waals surface area contributed by atoms with Crippen molar-refractivity contribution in [1.82, 2.24) is 9.97 Å². The lowest BCUT2D eigenvalue weighted by molar-refractivity contribution is 0.190. The van der Waals surface area contributed by atoms with Gasteiger partial charge < -0.3 is 10.1 Å². The van der Waals surface area contributed by atoms with Crippen LogP contribution in [0, 0.1) is 0 Å². The monoisotopic (exact) mass is 301 g/mol. The van der Waals surface area contributed by atoms with Crippen LogP contribution in [0.15, 0.2) is 10.7 Å². The number of ether oxygens (including phenoxy) is 1. The smallest absolute Gasteiger partial charge is 0.137 e. The molecule has 1 aromatic heterocycles. The summed E-state index contributed by atoms with van der Waals surface area (Å²) in [6.07, 6.45) is 0. The number of methoxy groups -OCH3 is 1. The van der Waals surface area contributed by atoms with Crippen molar-refractivity contribution in [3.8, 4) is 0 Å². The van der Waals surface area contributed by atoms with E-state index in [9.17, 15) is 0 Å². The maximum atomic E-state index is 5.09. The number of halogens is 1. The van der Waals surface area contributed by atoms with Crippen molar-refractivity contribution < 1.29 is 4.74 Å². The Morgan fingerprint density at radius 3 is 2.59 bits per heavy atom. The Bertz CT molecular complexity index is 377. The largest absolute Gasteiger partial charge is 0.383 e. The average molecular weight is 302 g/mol. The number of hydrogen-bond acceptors (Lipinski definition) is 4. The minimum atomic E-state index is -0.0648. The third-order valence-electron chi connectivity index (χ3n) is 2.18. The Morgan fingerprint density at radius 1 is 1.41 bits per heavy atom. The maximum absolute atomic E-state index is 5.09. The predicted octanol–water partition coefficient (Wildman–Crippen LogP) is 2.98. The van der Waals surface area contributed by atoms with Crippen LogP contribution in [0.25, 0.3) is 0 Å². The van der Waals surface area contributed by atoms with E-state index in [0.717, 1.165) is 16.2 Å². The summed E-state index contributed by atoms with van der Waals surface area (Å²) in [7, 11) is 1.69. The molecule has 1 heterocycles. The second-order valence-corrected chi connectivity index (χ2v) is 5.96. The molecular formula is C12H20BrN3O. The van der Waals surface area contributed by atoms with Crippen LogP contribution < -0.4 is 5.32 Å². The zero-order chi connectivity index (χ0) is 13.1. The van der Waals surface area contributed by atoms with Gasteiger partial charge in [-0.3, -0.25) is 0 Å². The fourth-order valence-electron chi connectivity index (χ4n) is 1.37. The van der Waals surface area contributed by atoms with Crippen molar-refractivity contribution in [2.75, 3.05) is 19.0 Å². The molecule has 0 aliphatic rings. The molecule has 96 valence electrons. The van der Waals surface area contributed by atoms with Crippen LogP contribution in [0.2, 0.25) is 0 Å². The van der Waals surface area contributed by atoms with Crippen molar-refractivity contribution in [1.29, 1.82) is 0 Å². The van der Waals surface area contributed by atoms with E-state index < -0.39 is 0 Å². The van der Waals surface area contributed by atoms with Gasteiger partial charge in [0.25, 0.3) is 0 Å². The lowest BCUT2D eigenvalue weighted by Gasteiger charge is -2.19. The van der Waals surface area contributed by atoms with E-state index >= 15 is 0 Å². The van der Waals surface area contributed by atoms with Crippen molar-refractivity contribution in [2.24, 2.45) is 0 Å². The number of rotatable bonds is 4. The van der Waals surface area contributed by atoms with E-state index in [0.29, 0.717) is 6.61 Å². The van der Waals surface area contributed by atoms with Crippen molar-refractivity contribution >= 4 is 21.7 Å². The van der Waals surface area contributed by atoms with E-state index in [-0.39, 0.29) is 11.5 Å². The minimum Gasteiger partial charge on any atom is -0.383 e. The molecule has 0 aliphatic heterocycles. The third kappa shape index (κ3) is 4.60. The molecule has 17 heavy (non-hydrogen) atoms. The Labute approximate surface area is 111 Å². The van der Waals surface area contributed by atoms with E-state index in [4.69, 9.17) is 4.74 Å². The Hall–Kier alpha value is -0.680. The summed E-state index contributed by atoms with van der Waals surface area (Å²) in [6, 6.07) is 2.09. The van der Waals surface area contributed by atoms with E-state index in [1.807, 2.05) is 6.07 Å². The molecule has 1 rings (SSSR count). The SMILES string of the molecule is COCC(C)Nc1cc(Br)nc(C(C)(C)C)n1. The third-order valence-corrected chi connectivity index (χ3v) is 2.58. The molecule has 0 radical (unpaired) electrons. The van der Waals surface area contributed by atoms with Crippen molar-refractivity contribution in [3.05, 3.63) is 16.5 Å². The summed E-state index contributed by atoms with van der Waals surface area (Å²) in [6.45, 7) is 8.98. The molecule has 0 fully saturated rings. The number of hydrogen-bond donors (Lipinski definition) is 1. The van der Waals surface area contributed by atoms with Crippen LogP contribution in [0.5, 0.6) is 0 Å². The van der Waals surface area contributed by atoms with Gasteiger partial charge >= 0.3 is 0 Å². The number of anilines is 1. The van der Waals surface area contributed by atoms with Crippen LogP contribution >= 0.6 is 15.9 Å². The quantitative estimate of drug-likeness (QED) is 0.869. The first-order valence-electron chi connectivity index (χ1n) is 5.63. The lowest BCUT2D eigenvalue weighted by atomic mass is 9.96. The lowest BCUT2D eigenvalue weighted by Crippen LogP contribution is -2.23. The Morgan fingerprint density at radius 2 is 2.06 bits per heavy atom. The van der Waals surface area contributed by atoms with Crippen molar-refractivity contribution in [3.63, 3.8) is 0 Å². The maximum Gasteiger partial charge on any atom is 0.137 e. The fraction of sp³-hybridized carbons (Fsp3) is 0.667. The van der Waals surface area contributed by atoms with Crippen LogP contribution in [0.3, 0.4) is 0 Å². The minimum absolute atomic E-state index is 0.0648. The summed E-state index contributed by atoms with van der Waals surface area (Å²) in [5, 5.41) is 3.29. The molecule has 0 spiro atoms. The molecule has 1 aromatic rings. The first kappa shape index (κ1) is 14.4. The predicted molar refractivity (Wildman–Crippen MR) is 73.4 cm³/mol. The molecule has 1 N–H and O–H groups in total. The van der Waals surface area contributed by atoms with E-state index in [2.05, 4.69) is 58.9 Å². The van der Waals surface area contributed by atoms with Gasteiger partial charge in [0.2, 0.25) is 0 Å². The van der Waals surface area contributed by atoms with E-state index in [1.165, 1.54) is 0 Å². The highest BCUT2D eigenvalue weighted by molar-refractivity contribution is 9.10. The van der Waals surface area contributed by atoms with Gasteiger partial charge in [-0.25, -0.2) is 9.97 Å². The average Bonchev–Trinajstić information content (AvgIpc) is 2.15. The van der Waals surface area contributed by atoms with Crippen LogP contribution in [0.4, 0.5) is 5.82 Å². The van der Waals surface area contributed by atoms with Crippen LogP contribution in [0.1, 0.15) is 33.5 Å². The second-order valence-electron chi connectivity index (χ2n) is 5.15. The molecule has 0 aromatic carbocycles. The first-order chi connectivity index (χ1) is 7.82. The topological polar surface area (TPSA) is 47.0 Å². The van der Waals surface area contributed by atoms with Crippen LogP contribution in [-0.4, -0.2) is 29.7 Å². The molecule has 1 unspecified atom stereocenters. The summed E-state index contributed by atoms with van der Waals surface area (Å²) in [4.78, 5) is 8.91. The normalized spacial score (nSPS) is 13.5. The summed E-state index contributed by atoms with van der Waals surface area (Å²) >= 11 is 3.41. The van der Waals surface area contributed by atoms with E-state index in [1.54, 1.807) is 7.11 Å². The van der Waals surface area contributed by atoms with Crippen molar-refractivity contribution in [2.45, 2.75) is 39.2 Å². The molecule has 0 amide bonds. The van der Waals surface area contributed by atoms with Gasteiger partial charge in [0.05, 0.1) is 6.61 Å². The zero-order valence-electron chi connectivity index (χ0n) is 11.0. The van der Waals surface area contributed by atoms with Gasteiger partial charge in [-0.05, 0) is 22.9 Å². The van der Waals surface area contributed by atoms with Gasteiger partial charge in [0.15, 0.2) is 0 Å². The molecular weight excluding hydrogens is 282 g/mol. The highest BCUT2D eigenvalue weighted by atomic mass is 79.9. The second kappa shape index (κ2) is 5.78. The first-order valence-corrected chi connectivity index (χ1v) is 6.42. The molecule has 0 saturated heterocycles. The van der Waals surface area contributed by atoms with Gasteiger partial charge in [0, 0.05) is 24.6 Å². The summed E-state index contributed by atoms with van der Waals surface area (Å²) in [5.41, 5.74) is -0.0648. The molecule has 4 nitrogen and oxygen atoms in total. The highest BCUT2D eigenvalue weighted by Gasteiger charge is 2.19. The molecule has 5 heteroatoms. The Kier molecular flexibility index (Phi) is 4.89. The zero-order valence-corrected chi connectivity index (χ0v) is 12.6. The summed E-state index contributed by atoms with van der Waals surface area (Å²) in [5.74, 6) is 1.64. The molecule has 0 aliphatic carbocycles. The fourth-order valence-corrected chi connectivity index (χ4v) is 1.76. The van der Waals surface area contributed by atoms with Gasteiger partial charge in [0.1, 0.15) is 16.2 Å². The molecule has 1 atom stereocenters. The van der Waals surface area contributed by atoms with Gasteiger partial charge in [-0.15, -0.1) is 0 Å². The Balaban J connectivity index is 2.90. The van der Waals surface area contributed by atoms with Crippen LogP contribution in [-0.2, 0) is 10.2 Å². The number of nitrogens with zero attached hydrogens (tertiary/aromatic N) is 2.